The lowest BCUT2D eigenvalue weighted by Gasteiger charge is -2.26. The zero-order chi connectivity index (χ0) is 14.4. The number of nitrogens with zero attached hydrogens (tertiary/aromatic N) is 2. The summed E-state index contributed by atoms with van der Waals surface area (Å²) in [5.74, 6) is 1.17. The number of rotatable bonds is 7. The summed E-state index contributed by atoms with van der Waals surface area (Å²) in [6.45, 7) is 6.71. The van der Waals surface area contributed by atoms with Gasteiger partial charge < -0.3 is 10.2 Å². The highest BCUT2D eigenvalue weighted by Crippen LogP contribution is 2.21. The van der Waals surface area contributed by atoms with Crippen LogP contribution in [0.4, 0.5) is 10.2 Å². The molecule has 5 heteroatoms. The third-order valence-corrected chi connectivity index (χ3v) is 3.87. The lowest BCUT2D eigenvalue weighted by atomic mass is 10.2. The van der Waals surface area contributed by atoms with Gasteiger partial charge in [-0.1, -0.05) is 13.8 Å². The zero-order valence-corrected chi connectivity index (χ0v) is 13.2. The molecular formula is C14H24FN3S. The summed E-state index contributed by atoms with van der Waals surface area (Å²) in [6.07, 6.45) is 3.73. The van der Waals surface area contributed by atoms with Gasteiger partial charge in [0.25, 0.3) is 0 Å². The van der Waals surface area contributed by atoms with Crippen LogP contribution in [0.3, 0.4) is 0 Å². The van der Waals surface area contributed by atoms with Crippen LogP contribution in [0.2, 0.25) is 0 Å². The Morgan fingerprint density at radius 3 is 2.68 bits per heavy atom. The molecule has 19 heavy (non-hydrogen) atoms. The van der Waals surface area contributed by atoms with Crippen LogP contribution in [0.1, 0.15) is 26.3 Å². The van der Waals surface area contributed by atoms with E-state index in [0.717, 1.165) is 5.75 Å². The van der Waals surface area contributed by atoms with Gasteiger partial charge in [0.1, 0.15) is 0 Å². The molecule has 1 atom stereocenters. The van der Waals surface area contributed by atoms with E-state index in [-0.39, 0.29) is 11.9 Å². The number of hydrogen-bond acceptors (Lipinski definition) is 4. The molecule has 1 rings (SSSR count). The number of thioether (sulfide) groups is 1. The Kier molecular flexibility index (Phi) is 6.58. The second-order valence-electron chi connectivity index (χ2n) is 5.06. The van der Waals surface area contributed by atoms with Gasteiger partial charge >= 0.3 is 0 Å². The molecule has 1 aromatic rings. The van der Waals surface area contributed by atoms with E-state index in [0.29, 0.717) is 24.0 Å². The van der Waals surface area contributed by atoms with Crippen molar-refractivity contribution in [2.24, 2.45) is 0 Å². The number of anilines is 1. The van der Waals surface area contributed by atoms with Gasteiger partial charge in [-0.15, -0.1) is 0 Å². The molecule has 0 aliphatic rings. The highest BCUT2D eigenvalue weighted by Gasteiger charge is 2.17. The van der Waals surface area contributed by atoms with Crippen LogP contribution < -0.4 is 10.2 Å². The van der Waals surface area contributed by atoms with Gasteiger partial charge in [0.05, 0.1) is 0 Å². The summed E-state index contributed by atoms with van der Waals surface area (Å²) in [6, 6.07) is 2.33. The van der Waals surface area contributed by atoms with E-state index >= 15 is 0 Å². The van der Waals surface area contributed by atoms with Crippen LogP contribution in [0.5, 0.6) is 0 Å². The third kappa shape index (κ3) is 4.66. The lowest BCUT2D eigenvalue weighted by molar-refractivity contribution is 0.546. The van der Waals surface area contributed by atoms with Crippen molar-refractivity contribution in [2.45, 2.75) is 39.4 Å². The summed E-state index contributed by atoms with van der Waals surface area (Å²) in [5, 5.41) is 3.23. The molecule has 0 spiro atoms. The quantitative estimate of drug-likeness (QED) is 0.834. The molecule has 0 fully saturated rings. The van der Waals surface area contributed by atoms with Crippen molar-refractivity contribution in [2.75, 3.05) is 24.0 Å². The minimum Gasteiger partial charge on any atom is -0.354 e. The van der Waals surface area contributed by atoms with E-state index < -0.39 is 0 Å². The van der Waals surface area contributed by atoms with E-state index in [1.165, 1.54) is 0 Å². The minimum atomic E-state index is -0.217. The normalized spacial score (nSPS) is 12.8. The van der Waals surface area contributed by atoms with Gasteiger partial charge in [0.15, 0.2) is 11.6 Å². The van der Waals surface area contributed by atoms with Crippen molar-refractivity contribution in [1.29, 1.82) is 0 Å². The second-order valence-corrected chi connectivity index (χ2v) is 5.97. The van der Waals surface area contributed by atoms with E-state index in [9.17, 15) is 4.39 Å². The average molecular weight is 285 g/mol. The van der Waals surface area contributed by atoms with Crippen molar-refractivity contribution in [1.82, 2.24) is 10.3 Å². The van der Waals surface area contributed by atoms with Crippen LogP contribution >= 0.6 is 11.8 Å². The van der Waals surface area contributed by atoms with Crippen LogP contribution in [-0.4, -0.2) is 36.1 Å². The molecule has 1 unspecified atom stereocenters. The summed E-state index contributed by atoms with van der Waals surface area (Å²) in [7, 11) is 1.89. The molecule has 1 aromatic heterocycles. The summed E-state index contributed by atoms with van der Waals surface area (Å²) in [5.41, 5.74) is 0.668. The lowest BCUT2D eigenvalue weighted by Crippen LogP contribution is -2.32. The zero-order valence-electron chi connectivity index (χ0n) is 12.4. The van der Waals surface area contributed by atoms with Crippen LogP contribution in [-0.2, 0) is 6.54 Å². The topological polar surface area (TPSA) is 28.2 Å². The number of halogens is 1. The SMILES string of the molecule is CSCC(C)N(C)c1nccc(CNC(C)C)c1F. The molecule has 1 N–H and O–H groups in total. The fraction of sp³-hybridized carbons (Fsp3) is 0.643. The van der Waals surface area contributed by atoms with Crippen molar-refractivity contribution in [3.8, 4) is 0 Å². The highest BCUT2D eigenvalue weighted by atomic mass is 32.2. The van der Waals surface area contributed by atoms with E-state index in [4.69, 9.17) is 0 Å². The minimum absolute atomic E-state index is 0.217. The first kappa shape index (κ1) is 16.2. The van der Waals surface area contributed by atoms with Gasteiger partial charge in [-0.25, -0.2) is 9.37 Å². The van der Waals surface area contributed by atoms with E-state index in [2.05, 4.69) is 23.5 Å². The second kappa shape index (κ2) is 7.70. The van der Waals surface area contributed by atoms with E-state index in [1.54, 1.807) is 24.0 Å². The Hall–Kier alpha value is -0.810. The maximum atomic E-state index is 14.4. The Labute approximate surface area is 120 Å². The molecular weight excluding hydrogens is 261 g/mol. The first-order valence-corrected chi connectivity index (χ1v) is 7.95. The number of aromatic nitrogens is 1. The molecule has 108 valence electrons. The smallest absolute Gasteiger partial charge is 0.170 e. The van der Waals surface area contributed by atoms with Crippen molar-refractivity contribution < 1.29 is 4.39 Å². The average Bonchev–Trinajstić information content (AvgIpc) is 2.37. The highest BCUT2D eigenvalue weighted by molar-refractivity contribution is 7.98. The number of nitrogens with one attached hydrogen (secondary N) is 1. The molecule has 0 amide bonds. The fourth-order valence-electron chi connectivity index (χ4n) is 1.73. The standard InChI is InChI=1S/C14H24FN3S/c1-10(2)17-8-12-6-7-16-14(13(12)15)18(4)11(3)9-19-5/h6-7,10-11,17H,8-9H2,1-5H3. The molecule has 0 radical (unpaired) electrons. The Morgan fingerprint density at radius 2 is 2.11 bits per heavy atom. The molecule has 0 bridgehead atoms. The molecule has 0 saturated carbocycles. The van der Waals surface area contributed by atoms with Gasteiger partial charge in [0.2, 0.25) is 0 Å². The van der Waals surface area contributed by atoms with E-state index in [1.807, 2.05) is 25.8 Å². The summed E-state index contributed by atoms with van der Waals surface area (Å²) in [4.78, 5) is 6.09. The van der Waals surface area contributed by atoms with Gasteiger partial charge in [-0.2, -0.15) is 11.8 Å². The first-order valence-electron chi connectivity index (χ1n) is 6.55. The molecule has 0 aliphatic carbocycles. The molecule has 1 heterocycles. The third-order valence-electron chi connectivity index (χ3n) is 3.05. The van der Waals surface area contributed by atoms with Crippen molar-refractivity contribution >= 4 is 17.6 Å². The van der Waals surface area contributed by atoms with Crippen molar-refractivity contribution in [3.63, 3.8) is 0 Å². The number of pyridine rings is 1. The van der Waals surface area contributed by atoms with Crippen LogP contribution in [0, 0.1) is 5.82 Å². The van der Waals surface area contributed by atoms with Crippen molar-refractivity contribution in [3.05, 3.63) is 23.6 Å². The van der Waals surface area contributed by atoms with Gasteiger partial charge in [-0.05, 0) is 19.2 Å². The van der Waals surface area contributed by atoms with Gasteiger partial charge in [0, 0.05) is 43.2 Å². The Balaban J connectivity index is 2.87. The predicted molar refractivity (Wildman–Crippen MR) is 82.4 cm³/mol. The monoisotopic (exact) mass is 285 g/mol. The van der Waals surface area contributed by atoms with Gasteiger partial charge in [-0.3, -0.25) is 0 Å². The van der Waals surface area contributed by atoms with Crippen LogP contribution in [0.25, 0.3) is 0 Å². The molecule has 0 saturated heterocycles. The predicted octanol–water partition coefficient (Wildman–Crippen LogP) is 2.91. The molecule has 3 nitrogen and oxygen atoms in total. The maximum absolute atomic E-state index is 14.4. The Bertz CT molecular complexity index is 398. The Morgan fingerprint density at radius 1 is 1.42 bits per heavy atom. The molecule has 0 aliphatic heterocycles. The molecule has 0 aromatic carbocycles. The summed E-state index contributed by atoms with van der Waals surface area (Å²) < 4.78 is 14.4. The first-order chi connectivity index (χ1) is 8.97. The van der Waals surface area contributed by atoms with Crippen LogP contribution in [0.15, 0.2) is 12.3 Å². The largest absolute Gasteiger partial charge is 0.354 e. The maximum Gasteiger partial charge on any atom is 0.170 e. The summed E-state index contributed by atoms with van der Waals surface area (Å²) >= 11 is 1.75. The fourth-order valence-corrected chi connectivity index (χ4v) is 2.44. The number of hydrogen-bond donors (Lipinski definition) is 1.